The van der Waals surface area contributed by atoms with Gasteiger partial charge in [0.25, 0.3) is 0 Å². The molecule has 0 fully saturated rings. The third-order valence-corrected chi connectivity index (χ3v) is 22.1. The molecule has 4 unspecified atom stereocenters. The molecule has 0 bridgehead atoms. The van der Waals surface area contributed by atoms with Gasteiger partial charge in [0.2, 0.25) is 0 Å². The maximum Gasteiger partial charge on any atom is 0.472 e. The van der Waals surface area contributed by atoms with Crippen LogP contribution in [-0.4, -0.2) is 96.7 Å². The number of carbonyl (C=O) groups excluding carboxylic acids is 4. The van der Waals surface area contributed by atoms with E-state index in [2.05, 4.69) is 55.4 Å². The number of phosphoric ester groups is 2. The Hall–Kier alpha value is -1.94. The second kappa shape index (κ2) is 73.8. The number of phosphoric acid groups is 2. The first-order valence-electron chi connectivity index (χ1n) is 43.7. The van der Waals surface area contributed by atoms with Gasteiger partial charge in [0.15, 0.2) is 12.2 Å². The lowest BCUT2D eigenvalue weighted by atomic mass is 9.99. The van der Waals surface area contributed by atoms with E-state index < -0.39 is 97.5 Å². The Kier molecular flexibility index (Phi) is 72.5. The number of esters is 4. The molecule has 0 aliphatic carbocycles. The van der Waals surface area contributed by atoms with Gasteiger partial charge in [-0.25, -0.2) is 9.13 Å². The fourth-order valence-electron chi connectivity index (χ4n) is 13.1. The second-order valence-electron chi connectivity index (χ2n) is 32.2. The minimum atomic E-state index is -4.97. The molecule has 17 nitrogen and oxygen atoms in total. The van der Waals surface area contributed by atoms with Crippen LogP contribution in [0.3, 0.4) is 0 Å². The molecule has 618 valence electrons. The highest BCUT2D eigenvalue weighted by Crippen LogP contribution is 2.45. The molecular weight excluding hydrogens is 1350 g/mol. The molecule has 0 radical (unpaired) electrons. The number of ether oxygens (including phenoxy) is 4. The number of hydrogen-bond donors (Lipinski definition) is 3. The van der Waals surface area contributed by atoms with Crippen molar-refractivity contribution in [3.05, 3.63) is 0 Å². The Bertz CT molecular complexity index is 2030. The van der Waals surface area contributed by atoms with Crippen molar-refractivity contribution in [2.24, 2.45) is 23.7 Å². The lowest BCUT2D eigenvalue weighted by Gasteiger charge is -2.21. The predicted octanol–water partition coefficient (Wildman–Crippen LogP) is 25.6. The molecule has 104 heavy (non-hydrogen) atoms. The summed E-state index contributed by atoms with van der Waals surface area (Å²) in [7, 11) is -9.93. The van der Waals surface area contributed by atoms with Crippen molar-refractivity contribution in [3.8, 4) is 0 Å². The van der Waals surface area contributed by atoms with E-state index in [4.69, 9.17) is 37.0 Å². The Balaban J connectivity index is 5.20. The van der Waals surface area contributed by atoms with Crippen LogP contribution in [0.15, 0.2) is 0 Å². The summed E-state index contributed by atoms with van der Waals surface area (Å²) >= 11 is 0. The Morgan fingerprint density at radius 1 is 0.269 bits per heavy atom. The van der Waals surface area contributed by atoms with Gasteiger partial charge in [0.1, 0.15) is 19.3 Å². The number of hydrogen-bond acceptors (Lipinski definition) is 15. The zero-order valence-electron chi connectivity index (χ0n) is 68.7. The van der Waals surface area contributed by atoms with E-state index in [0.717, 1.165) is 114 Å². The van der Waals surface area contributed by atoms with Crippen molar-refractivity contribution in [2.75, 3.05) is 39.6 Å². The molecule has 0 heterocycles. The van der Waals surface area contributed by atoms with E-state index >= 15 is 0 Å². The van der Waals surface area contributed by atoms with Crippen LogP contribution in [0.5, 0.6) is 0 Å². The largest absolute Gasteiger partial charge is 0.472 e. The SMILES string of the molecule is CCC(C)CCCCCCCCCCCCCCCCCCCCC(=O)OC[C@H](COP(=O)(O)OCC(O)COP(=O)(O)OC[C@@H](COC(=O)CCCCCCCCCC(C)C)OC(=O)CCCCCCCCCCCCCCCCC(C)C)OC(=O)CCCCCCCCCCCCCCC(C)C. The number of unbranched alkanes of at least 4 members (excludes halogenated alkanes) is 47. The van der Waals surface area contributed by atoms with Gasteiger partial charge in [-0.2, -0.15) is 0 Å². The standard InChI is InChI=1S/C85H166O17P2/c1-9-78(8)64-56-48-40-32-26-19-14-12-10-11-13-15-20-27-33-41-49-57-65-82(87)95-71-80(101-85(90)68-60-52-43-35-29-23-22-25-31-38-46-54-62-76(4)5)73-99-103(91,92)97-69-79(86)70-98-104(93,94)100-74-81(72-96-83(88)66-58-50-44-36-39-47-55-63-77(6)7)102-84(89)67-59-51-42-34-28-21-17-16-18-24-30-37-45-53-61-75(2)3/h75-81,86H,9-74H2,1-8H3,(H,91,92)(H,93,94)/t78?,79?,80-,81-/m1/s1. The van der Waals surface area contributed by atoms with Gasteiger partial charge in [-0.15, -0.1) is 0 Å². The molecule has 3 N–H and O–H groups in total. The van der Waals surface area contributed by atoms with Gasteiger partial charge in [0, 0.05) is 25.7 Å². The summed E-state index contributed by atoms with van der Waals surface area (Å²) in [6.07, 6.45) is 62.6. The maximum absolute atomic E-state index is 13.1. The Morgan fingerprint density at radius 3 is 0.683 bits per heavy atom. The number of rotatable bonds is 82. The normalized spacial score (nSPS) is 14.2. The maximum atomic E-state index is 13.1. The van der Waals surface area contributed by atoms with E-state index in [1.54, 1.807) is 0 Å². The highest BCUT2D eigenvalue weighted by Gasteiger charge is 2.30. The minimum Gasteiger partial charge on any atom is -0.462 e. The average molecular weight is 1520 g/mol. The third-order valence-electron chi connectivity index (χ3n) is 20.2. The summed E-state index contributed by atoms with van der Waals surface area (Å²) in [5.74, 6) is 1.04. The summed E-state index contributed by atoms with van der Waals surface area (Å²) < 4.78 is 68.8. The number of carbonyl (C=O) groups is 4. The van der Waals surface area contributed by atoms with Gasteiger partial charge in [-0.3, -0.25) is 37.3 Å². The van der Waals surface area contributed by atoms with Crippen LogP contribution in [0.25, 0.3) is 0 Å². The summed E-state index contributed by atoms with van der Waals surface area (Å²) in [6.45, 7) is 14.3. The molecular formula is C85H166O17P2. The number of aliphatic hydroxyl groups excluding tert-OH is 1. The van der Waals surface area contributed by atoms with Crippen LogP contribution in [0.1, 0.15) is 441 Å². The van der Waals surface area contributed by atoms with Crippen molar-refractivity contribution >= 4 is 39.5 Å². The lowest BCUT2D eigenvalue weighted by molar-refractivity contribution is -0.161. The molecule has 0 aliphatic rings. The van der Waals surface area contributed by atoms with Gasteiger partial charge >= 0.3 is 39.5 Å². The number of aliphatic hydroxyl groups is 1. The lowest BCUT2D eigenvalue weighted by Crippen LogP contribution is -2.30. The van der Waals surface area contributed by atoms with Crippen LogP contribution in [0.4, 0.5) is 0 Å². The van der Waals surface area contributed by atoms with Crippen LogP contribution in [-0.2, 0) is 65.4 Å². The summed E-state index contributed by atoms with van der Waals surface area (Å²) in [5.41, 5.74) is 0. The quantitative estimate of drug-likeness (QED) is 0.0222. The topological polar surface area (TPSA) is 237 Å². The molecule has 0 aromatic rings. The molecule has 0 saturated carbocycles. The third kappa shape index (κ3) is 76.8. The van der Waals surface area contributed by atoms with Gasteiger partial charge in [-0.05, 0) is 49.4 Å². The van der Waals surface area contributed by atoms with Crippen molar-refractivity contribution in [2.45, 2.75) is 459 Å². The highest BCUT2D eigenvalue weighted by molar-refractivity contribution is 7.47. The van der Waals surface area contributed by atoms with Crippen LogP contribution >= 0.6 is 15.6 Å². The van der Waals surface area contributed by atoms with Gasteiger partial charge < -0.3 is 33.8 Å². The molecule has 0 aliphatic heterocycles. The van der Waals surface area contributed by atoms with E-state index in [1.165, 1.54) is 238 Å². The fourth-order valence-corrected chi connectivity index (χ4v) is 14.7. The average Bonchev–Trinajstić information content (AvgIpc) is 1.00. The first-order valence-corrected chi connectivity index (χ1v) is 46.7. The smallest absolute Gasteiger partial charge is 0.462 e. The van der Waals surface area contributed by atoms with Crippen molar-refractivity contribution < 1.29 is 80.2 Å². The van der Waals surface area contributed by atoms with E-state index in [-0.39, 0.29) is 25.7 Å². The fraction of sp³-hybridized carbons (Fsp3) is 0.953. The van der Waals surface area contributed by atoms with E-state index in [0.29, 0.717) is 31.6 Å². The summed E-state index contributed by atoms with van der Waals surface area (Å²) in [4.78, 5) is 73.1. The van der Waals surface area contributed by atoms with Crippen molar-refractivity contribution in [1.82, 2.24) is 0 Å². The van der Waals surface area contributed by atoms with Crippen LogP contribution in [0, 0.1) is 23.7 Å². The molecule has 0 saturated heterocycles. The predicted molar refractivity (Wildman–Crippen MR) is 428 cm³/mol. The highest BCUT2D eigenvalue weighted by atomic mass is 31.2. The minimum absolute atomic E-state index is 0.106. The van der Waals surface area contributed by atoms with Gasteiger partial charge in [0.05, 0.1) is 26.4 Å². The van der Waals surface area contributed by atoms with Crippen LogP contribution < -0.4 is 0 Å². The first kappa shape index (κ1) is 102. The van der Waals surface area contributed by atoms with Crippen LogP contribution in [0.2, 0.25) is 0 Å². The Labute approximate surface area is 638 Å². The zero-order chi connectivity index (χ0) is 76.7. The monoisotopic (exact) mass is 1520 g/mol. The molecule has 0 aromatic heterocycles. The summed E-state index contributed by atoms with van der Waals surface area (Å²) in [6, 6.07) is 0. The second-order valence-corrected chi connectivity index (χ2v) is 35.2. The van der Waals surface area contributed by atoms with Crippen molar-refractivity contribution in [3.63, 3.8) is 0 Å². The molecule has 0 aromatic carbocycles. The first-order chi connectivity index (χ1) is 50.1. The summed E-state index contributed by atoms with van der Waals surface area (Å²) in [5, 5.41) is 10.7. The molecule has 0 rings (SSSR count). The molecule has 0 amide bonds. The van der Waals surface area contributed by atoms with E-state index in [1.807, 2.05) is 0 Å². The zero-order valence-corrected chi connectivity index (χ0v) is 70.5. The molecule has 6 atom stereocenters. The van der Waals surface area contributed by atoms with E-state index in [9.17, 15) is 43.2 Å². The van der Waals surface area contributed by atoms with Gasteiger partial charge in [-0.1, -0.05) is 389 Å². The molecule has 19 heteroatoms. The molecule has 0 spiro atoms. The Morgan fingerprint density at radius 2 is 0.462 bits per heavy atom. The van der Waals surface area contributed by atoms with Crippen molar-refractivity contribution in [1.29, 1.82) is 0 Å².